The Morgan fingerprint density at radius 2 is 1.51 bits per heavy atom. The highest BCUT2D eigenvalue weighted by Gasteiger charge is 2.35. The van der Waals surface area contributed by atoms with Gasteiger partial charge in [0, 0.05) is 18.0 Å². The molecule has 0 aliphatic carbocycles. The van der Waals surface area contributed by atoms with E-state index in [4.69, 9.17) is 0 Å². The van der Waals surface area contributed by atoms with Gasteiger partial charge in [0.1, 0.15) is 17.4 Å². The Balaban J connectivity index is 1.71. The SMILES string of the molecule is Cc1nc(C(F)(F)F)cn1-c1ccc(-c2cc(F)cc(S(C)(=O)=O)c2)cc1-n1nncc1-c1ccc(OC(F)(F)F)cc1. The fourth-order valence-electron chi connectivity index (χ4n) is 4.31. The number of alkyl halides is 6. The van der Waals surface area contributed by atoms with E-state index in [1.165, 1.54) is 54.2 Å². The molecule has 5 rings (SSSR count). The minimum atomic E-state index is -4.91. The Labute approximate surface area is 238 Å². The number of nitrogens with zero attached hydrogens (tertiary/aromatic N) is 5. The van der Waals surface area contributed by atoms with Crippen LogP contribution in [0.4, 0.5) is 30.7 Å². The van der Waals surface area contributed by atoms with Crippen LogP contribution in [0, 0.1) is 12.7 Å². The lowest BCUT2D eigenvalue weighted by atomic mass is 10.0. The van der Waals surface area contributed by atoms with E-state index in [9.17, 15) is 39.2 Å². The molecule has 0 unspecified atom stereocenters. The smallest absolute Gasteiger partial charge is 0.406 e. The predicted molar refractivity (Wildman–Crippen MR) is 139 cm³/mol. The zero-order valence-corrected chi connectivity index (χ0v) is 22.8. The molecule has 8 nitrogen and oxygen atoms in total. The van der Waals surface area contributed by atoms with E-state index in [1.54, 1.807) is 0 Å². The summed E-state index contributed by atoms with van der Waals surface area (Å²) in [6.07, 6.45) is -6.70. The third-order valence-electron chi connectivity index (χ3n) is 6.20. The normalized spacial score (nSPS) is 12.5. The molecule has 0 amide bonds. The second-order valence-electron chi connectivity index (χ2n) is 9.30. The van der Waals surface area contributed by atoms with E-state index in [-0.39, 0.29) is 38.9 Å². The summed E-state index contributed by atoms with van der Waals surface area (Å²) in [5.74, 6) is -1.37. The van der Waals surface area contributed by atoms with E-state index >= 15 is 0 Å². The highest BCUT2D eigenvalue weighted by molar-refractivity contribution is 7.90. The molecule has 3 aromatic carbocycles. The quantitative estimate of drug-likeness (QED) is 0.199. The predicted octanol–water partition coefficient (Wildman–Crippen LogP) is 6.56. The first-order chi connectivity index (χ1) is 20.0. The van der Waals surface area contributed by atoms with Crippen LogP contribution in [0.25, 0.3) is 33.8 Å². The Kier molecular flexibility index (Phi) is 7.28. The lowest BCUT2D eigenvalue weighted by molar-refractivity contribution is -0.274. The molecular formula is C27H18F7N5O3S. The highest BCUT2D eigenvalue weighted by Crippen LogP contribution is 2.35. The van der Waals surface area contributed by atoms with Crippen LogP contribution >= 0.6 is 0 Å². The van der Waals surface area contributed by atoms with Gasteiger partial charge in [0.2, 0.25) is 0 Å². The summed E-state index contributed by atoms with van der Waals surface area (Å²) in [4.78, 5) is 3.31. The zero-order chi connectivity index (χ0) is 31.3. The van der Waals surface area contributed by atoms with Gasteiger partial charge in [0.05, 0.1) is 28.2 Å². The van der Waals surface area contributed by atoms with Gasteiger partial charge in [-0.3, -0.25) is 0 Å². The number of hydrogen-bond acceptors (Lipinski definition) is 6. The number of halogens is 7. The van der Waals surface area contributed by atoms with Gasteiger partial charge in [0.25, 0.3) is 0 Å². The van der Waals surface area contributed by atoms with Crippen LogP contribution in [-0.2, 0) is 16.0 Å². The fraction of sp³-hybridized carbons (Fsp3) is 0.148. The molecule has 0 saturated heterocycles. The van der Waals surface area contributed by atoms with Gasteiger partial charge in [-0.1, -0.05) is 11.3 Å². The van der Waals surface area contributed by atoms with Crippen molar-refractivity contribution in [3.8, 4) is 39.5 Å². The number of rotatable bonds is 6. The number of benzene rings is 3. The summed E-state index contributed by atoms with van der Waals surface area (Å²) < 4.78 is 123. The van der Waals surface area contributed by atoms with Crippen molar-refractivity contribution >= 4 is 9.84 Å². The summed E-state index contributed by atoms with van der Waals surface area (Å²) in [5.41, 5.74) is 0.0326. The van der Waals surface area contributed by atoms with Gasteiger partial charge in [-0.2, -0.15) is 13.2 Å². The molecule has 0 bridgehead atoms. The first kappa shape index (κ1) is 29.8. The van der Waals surface area contributed by atoms with Crippen molar-refractivity contribution in [3.63, 3.8) is 0 Å². The van der Waals surface area contributed by atoms with Crippen LogP contribution in [0.5, 0.6) is 5.75 Å². The average molecular weight is 626 g/mol. The Hall–Kier alpha value is -4.73. The zero-order valence-electron chi connectivity index (χ0n) is 21.9. The molecule has 0 N–H and O–H groups in total. The maximum absolute atomic E-state index is 14.5. The van der Waals surface area contributed by atoms with Gasteiger partial charge in [0.15, 0.2) is 15.5 Å². The standard InChI is InChI=1S/C27H18F7N5O3S/c1-15-36-25(26(29,30)31)14-38(15)22-8-5-17(18-9-19(28)12-21(10-18)43(2,40)41)11-23(22)39-24(13-35-37-39)16-3-6-20(7-4-16)42-27(32,33)34/h3-14H,1-2H3. The van der Waals surface area contributed by atoms with Gasteiger partial charge in [-0.05, 0) is 72.6 Å². The Morgan fingerprint density at radius 1 is 0.837 bits per heavy atom. The molecule has 224 valence electrons. The molecule has 0 atom stereocenters. The molecule has 2 heterocycles. The Morgan fingerprint density at radius 3 is 2.12 bits per heavy atom. The van der Waals surface area contributed by atoms with Crippen molar-refractivity contribution in [1.29, 1.82) is 0 Å². The van der Waals surface area contributed by atoms with E-state index < -0.39 is 39.6 Å². The molecule has 0 aliphatic rings. The molecule has 5 aromatic rings. The topological polar surface area (TPSA) is 91.9 Å². The Bertz CT molecular complexity index is 1930. The van der Waals surface area contributed by atoms with Crippen LogP contribution in [0.1, 0.15) is 11.5 Å². The lowest BCUT2D eigenvalue weighted by Crippen LogP contribution is -2.16. The van der Waals surface area contributed by atoms with Crippen molar-refractivity contribution in [1.82, 2.24) is 24.5 Å². The minimum absolute atomic E-state index is 0.0400. The highest BCUT2D eigenvalue weighted by atomic mass is 32.2. The molecule has 0 aliphatic heterocycles. The van der Waals surface area contributed by atoms with E-state index in [0.717, 1.165) is 41.3 Å². The molecule has 0 fully saturated rings. The van der Waals surface area contributed by atoms with Crippen LogP contribution in [-0.4, -0.2) is 45.6 Å². The monoisotopic (exact) mass is 625 g/mol. The number of aryl methyl sites for hydroxylation is 1. The third kappa shape index (κ3) is 6.38. The number of imidazole rings is 1. The summed E-state index contributed by atoms with van der Waals surface area (Å²) in [6, 6.07) is 12.2. The first-order valence-electron chi connectivity index (χ1n) is 12.1. The fourth-order valence-corrected chi connectivity index (χ4v) is 4.98. The van der Waals surface area contributed by atoms with Crippen LogP contribution < -0.4 is 4.74 Å². The van der Waals surface area contributed by atoms with Gasteiger partial charge in [-0.25, -0.2) is 22.5 Å². The molecule has 0 radical (unpaired) electrons. The summed E-state index contributed by atoms with van der Waals surface area (Å²) in [7, 11) is -3.80. The second kappa shape index (κ2) is 10.5. The number of aromatic nitrogens is 5. The summed E-state index contributed by atoms with van der Waals surface area (Å²) in [6.45, 7) is 1.35. The van der Waals surface area contributed by atoms with Crippen LogP contribution in [0.2, 0.25) is 0 Å². The first-order valence-corrected chi connectivity index (χ1v) is 13.9. The van der Waals surface area contributed by atoms with E-state index in [1.807, 2.05) is 0 Å². The molecule has 0 saturated carbocycles. The largest absolute Gasteiger partial charge is 0.573 e. The molecule has 0 spiro atoms. The third-order valence-corrected chi connectivity index (χ3v) is 7.29. The van der Waals surface area contributed by atoms with Crippen molar-refractivity contribution < 1.29 is 43.9 Å². The van der Waals surface area contributed by atoms with E-state index in [0.29, 0.717) is 5.56 Å². The molecule has 43 heavy (non-hydrogen) atoms. The number of hydrogen-bond donors (Lipinski definition) is 0. The summed E-state index contributed by atoms with van der Waals surface area (Å²) >= 11 is 0. The number of ether oxygens (including phenoxy) is 1. The lowest BCUT2D eigenvalue weighted by Gasteiger charge is -2.16. The van der Waals surface area contributed by atoms with Gasteiger partial charge in [-0.15, -0.1) is 18.3 Å². The minimum Gasteiger partial charge on any atom is -0.406 e. The second-order valence-corrected chi connectivity index (χ2v) is 11.3. The molecule has 16 heteroatoms. The van der Waals surface area contributed by atoms with Crippen molar-refractivity contribution in [2.75, 3.05) is 6.26 Å². The maximum Gasteiger partial charge on any atom is 0.573 e. The summed E-state index contributed by atoms with van der Waals surface area (Å²) in [5, 5.41) is 7.93. The molecular weight excluding hydrogens is 607 g/mol. The van der Waals surface area contributed by atoms with Gasteiger partial charge >= 0.3 is 12.5 Å². The maximum atomic E-state index is 14.5. The van der Waals surface area contributed by atoms with Crippen molar-refractivity contribution in [3.05, 3.63) is 90.4 Å². The van der Waals surface area contributed by atoms with Crippen LogP contribution in [0.15, 0.2) is 78.0 Å². The van der Waals surface area contributed by atoms with Crippen molar-refractivity contribution in [2.24, 2.45) is 0 Å². The average Bonchev–Trinajstić information content (AvgIpc) is 3.54. The molecule has 2 aromatic heterocycles. The van der Waals surface area contributed by atoms with Crippen LogP contribution in [0.3, 0.4) is 0 Å². The van der Waals surface area contributed by atoms with Gasteiger partial charge < -0.3 is 9.30 Å². The van der Waals surface area contributed by atoms with E-state index in [2.05, 4.69) is 20.0 Å². The number of sulfone groups is 1. The van der Waals surface area contributed by atoms with Crippen molar-refractivity contribution in [2.45, 2.75) is 24.4 Å².